The van der Waals surface area contributed by atoms with Crippen molar-refractivity contribution in [3.63, 3.8) is 0 Å². The number of rotatable bonds is 6. The number of benzene rings is 3. The molecule has 8 heteroatoms. The molecule has 2 unspecified atom stereocenters. The number of carbonyl (C=O) groups is 1. The average Bonchev–Trinajstić information content (AvgIpc) is 3.31. The molecule has 0 saturated carbocycles. The summed E-state index contributed by atoms with van der Waals surface area (Å²) >= 11 is 0. The molecule has 0 amide bonds. The normalized spacial score (nSPS) is 17.2. The van der Waals surface area contributed by atoms with Crippen molar-refractivity contribution < 1.29 is 14.6 Å². The molecule has 3 aromatic carbocycles. The zero-order valence-electron chi connectivity index (χ0n) is 17.9. The van der Waals surface area contributed by atoms with Crippen LogP contribution in [0.15, 0.2) is 83.9 Å². The minimum Gasteiger partial charge on any atom is -0.489 e. The van der Waals surface area contributed by atoms with Crippen molar-refractivity contribution in [2.75, 3.05) is 0 Å². The average molecular weight is 439 g/mol. The number of aliphatic carboxylic acids is 1. The summed E-state index contributed by atoms with van der Waals surface area (Å²) in [6.07, 6.45) is 0. The van der Waals surface area contributed by atoms with Crippen molar-refractivity contribution in [2.45, 2.75) is 19.6 Å². The third-order valence-electron chi connectivity index (χ3n) is 5.74. The summed E-state index contributed by atoms with van der Waals surface area (Å²) in [5.41, 5.74) is 4.22. The van der Waals surface area contributed by atoms with Crippen molar-refractivity contribution in [3.05, 3.63) is 90.0 Å². The number of hydrogen-bond donors (Lipinski definition) is 1. The molecule has 0 bridgehead atoms. The molecule has 2 atom stereocenters. The molecule has 0 aliphatic carbocycles. The molecule has 0 saturated heterocycles. The molecule has 1 aromatic heterocycles. The van der Waals surface area contributed by atoms with E-state index in [1.807, 2.05) is 78.9 Å². The highest BCUT2D eigenvalue weighted by Gasteiger charge is 2.40. The molecule has 5 rings (SSSR count). The van der Waals surface area contributed by atoms with Crippen LogP contribution in [0.1, 0.15) is 24.1 Å². The van der Waals surface area contributed by atoms with Crippen molar-refractivity contribution in [3.8, 4) is 16.9 Å². The minimum absolute atomic E-state index is 0.300. The van der Waals surface area contributed by atoms with Gasteiger partial charge in [-0.3, -0.25) is 4.79 Å². The Labute approximate surface area is 190 Å². The number of aromatic nitrogens is 4. The first-order chi connectivity index (χ1) is 16.1. The van der Waals surface area contributed by atoms with E-state index in [1.54, 1.807) is 6.92 Å². The van der Waals surface area contributed by atoms with Crippen molar-refractivity contribution in [1.29, 1.82) is 0 Å². The van der Waals surface area contributed by atoms with Gasteiger partial charge >= 0.3 is 5.97 Å². The summed E-state index contributed by atoms with van der Waals surface area (Å²) in [4.78, 5) is 16.5. The van der Waals surface area contributed by atoms with Crippen LogP contribution >= 0.6 is 0 Å². The molecule has 164 valence electrons. The van der Waals surface area contributed by atoms with Gasteiger partial charge in [0.1, 0.15) is 24.3 Å². The monoisotopic (exact) mass is 439 g/mol. The van der Waals surface area contributed by atoms with Crippen molar-refractivity contribution in [1.82, 2.24) is 20.2 Å². The Kier molecular flexibility index (Phi) is 5.40. The Morgan fingerprint density at radius 2 is 1.73 bits per heavy atom. The number of carboxylic acid groups (broad SMARTS) is 1. The first-order valence-electron chi connectivity index (χ1n) is 10.5. The fourth-order valence-corrected chi connectivity index (χ4v) is 4.15. The van der Waals surface area contributed by atoms with Gasteiger partial charge in [0.25, 0.3) is 5.95 Å². The highest BCUT2D eigenvalue weighted by molar-refractivity contribution is 6.03. The fraction of sp³-hybridized carbons (Fsp3) is 0.160. The quantitative estimate of drug-likeness (QED) is 0.480. The SMILES string of the molecule is CC1=Nc2nnnn2C(c2ccccc2-c2ccc(OCc3ccccc3)cc2)C1C(=O)O. The van der Waals surface area contributed by atoms with Gasteiger partial charge < -0.3 is 9.84 Å². The van der Waals surface area contributed by atoms with Gasteiger partial charge in [-0.1, -0.05) is 71.8 Å². The molecular formula is C25H21N5O3. The molecule has 0 radical (unpaired) electrons. The number of carboxylic acids is 1. The Hall–Kier alpha value is -4.33. The van der Waals surface area contributed by atoms with Crippen LogP contribution in [0.25, 0.3) is 11.1 Å². The van der Waals surface area contributed by atoms with E-state index in [1.165, 1.54) is 4.68 Å². The third kappa shape index (κ3) is 3.98. The van der Waals surface area contributed by atoms with E-state index in [2.05, 4.69) is 20.5 Å². The predicted molar refractivity (Wildman–Crippen MR) is 123 cm³/mol. The number of nitrogens with zero attached hydrogens (tertiary/aromatic N) is 5. The van der Waals surface area contributed by atoms with Gasteiger partial charge in [0.2, 0.25) is 0 Å². The molecule has 8 nitrogen and oxygen atoms in total. The summed E-state index contributed by atoms with van der Waals surface area (Å²) < 4.78 is 7.39. The van der Waals surface area contributed by atoms with E-state index in [4.69, 9.17) is 4.74 Å². The molecule has 33 heavy (non-hydrogen) atoms. The summed E-state index contributed by atoms with van der Waals surface area (Å²) in [5, 5.41) is 21.7. The molecule has 1 aliphatic heterocycles. The molecule has 1 N–H and O–H groups in total. The van der Waals surface area contributed by atoms with Gasteiger partial charge in [0.15, 0.2) is 0 Å². The lowest BCUT2D eigenvalue weighted by atomic mass is 9.84. The first-order valence-corrected chi connectivity index (χ1v) is 10.5. The second kappa shape index (κ2) is 8.66. The lowest BCUT2D eigenvalue weighted by Gasteiger charge is -2.29. The zero-order valence-corrected chi connectivity index (χ0v) is 17.9. The summed E-state index contributed by atoms with van der Waals surface area (Å²) in [5.74, 6) is -0.793. The van der Waals surface area contributed by atoms with E-state index in [0.29, 0.717) is 18.3 Å². The molecule has 4 aromatic rings. The number of hydrogen-bond acceptors (Lipinski definition) is 6. The second-order valence-electron chi connectivity index (χ2n) is 7.82. The smallest absolute Gasteiger partial charge is 0.314 e. The summed E-state index contributed by atoms with van der Waals surface area (Å²) in [6, 6.07) is 24.8. The van der Waals surface area contributed by atoms with Gasteiger partial charge in [-0.15, -0.1) is 0 Å². The number of tetrazole rings is 1. The zero-order chi connectivity index (χ0) is 22.8. The van der Waals surface area contributed by atoms with E-state index >= 15 is 0 Å². The van der Waals surface area contributed by atoms with Crippen LogP contribution < -0.4 is 4.74 Å². The minimum atomic E-state index is -0.970. The molecule has 2 heterocycles. The summed E-state index contributed by atoms with van der Waals surface area (Å²) in [7, 11) is 0. The van der Waals surface area contributed by atoms with Crippen LogP contribution in [-0.2, 0) is 11.4 Å². The van der Waals surface area contributed by atoms with Gasteiger partial charge in [-0.25, -0.2) is 9.67 Å². The van der Waals surface area contributed by atoms with Crippen LogP contribution in [0.4, 0.5) is 5.95 Å². The van der Waals surface area contributed by atoms with Crippen molar-refractivity contribution in [2.24, 2.45) is 10.9 Å². The highest BCUT2D eigenvalue weighted by Crippen LogP contribution is 2.39. The Balaban J connectivity index is 1.48. The van der Waals surface area contributed by atoms with E-state index < -0.39 is 17.9 Å². The van der Waals surface area contributed by atoms with Crippen LogP contribution in [0, 0.1) is 5.92 Å². The van der Waals surface area contributed by atoms with Gasteiger partial charge in [0.05, 0.1) is 0 Å². The lowest BCUT2D eigenvalue weighted by molar-refractivity contribution is -0.140. The Bertz CT molecular complexity index is 1320. The maximum absolute atomic E-state index is 12.2. The van der Waals surface area contributed by atoms with Gasteiger partial charge in [-0.2, -0.15) is 0 Å². The van der Waals surface area contributed by atoms with E-state index in [9.17, 15) is 9.90 Å². The molecular weight excluding hydrogens is 418 g/mol. The topological polar surface area (TPSA) is 102 Å². The van der Waals surface area contributed by atoms with Crippen LogP contribution in [0.2, 0.25) is 0 Å². The predicted octanol–water partition coefficient (Wildman–Crippen LogP) is 4.32. The number of aliphatic imine (C=N–C) groups is 1. The maximum atomic E-state index is 12.2. The van der Waals surface area contributed by atoms with Crippen LogP contribution in [0.3, 0.4) is 0 Å². The van der Waals surface area contributed by atoms with E-state index in [-0.39, 0.29) is 0 Å². The van der Waals surface area contributed by atoms with Crippen molar-refractivity contribution >= 4 is 17.6 Å². The Morgan fingerprint density at radius 3 is 2.48 bits per heavy atom. The van der Waals surface area contributed by atoms with E-state index in [0.717, 1.165) is 28.0 Å². The molecule has 1 aliphatic rings. The van der Waals surface area contributed by atoms with Crippen LogP contribution in [-0.4, -0.2) is 37.0 Å². The maximum Gasteiger partial charge on any atom is 0.314 e. The Morgan fingerprint density at radius 1 is 1.00 bits per heavy atom. The largest absolute Gasteiger partial charge is 0.489 e. The lowest BCUT2D eigenvalue weighted by Crippen LogP contribution is -2.36. The highest BCUT2D eigenvalue weighted by atomic mass is 16.5. The van der Waals surface area contributed by atoms with Crippen LogP contribution in [0.5, 0.6) is 5.75 Å². The van der Waals surface area contributed by atoms with Gasteiger partial charge in [-0.05, 0) is 51.7 Å². The first kappa shape index (κ1) is 20.6. The number of ether oxygens (including phenoxy) is 1. The van der Waals surface area contributed by atoms with Gasteiger partial charge in [0, 0.05) is 5.71 Å². The fourth-order valence-electron chi connectivity index (χ4n) is 4.15. The second-order valence-corrected chi connectivity index (χ2v) is 7.82. The third-order valence-corrected chi connectivity index (χ3v) is 5.74. The number of fused-ring (bicyclic) bond motifs is 1. The standard InChI is InChI=1S/C25H21N5O3/c1-16-22(24(31)32)23(30-25(26-16)27-28-29-30)21-10-6-5-9-20(21)18-11-13-19(14-12-18)33-15-17-7-3-2-4-8-17/h2-14,22-23H,15H2,1H3,(H,31,32). The molecule has 0 fully saturated rings. The molecule has 0 spiro atoms. The summed E-state index contributed by atoms with van der Waals surface area (Å²) in [6.45, 7) is 2.19.